The van der Waals surface area contributed by atoms with Gasteiger partial charge in [0.25, 0.3) is 0 Å². The SMILES string of the molecule is O=C(Cc1ccnc2ccccc12)C1CCCCO1. The van der Waals surface area contributed by atoms with Gasteiger partial charge in [-0.25, -0.2) is 0 Å². The first-order valence-electron chi connectivity index (χ1n) is 6.81. The molecule has 1 aromatic heterocycles. The van der Waals surface area contributed by atoms with E-state index in [0.717, 1.165) is 35.7 Å². The number of para-hydroxylation sites is 1. The Morgan fingerprint density at radius 3 is 3.00 bits per heavy atom. The average Bonchev–Trinajstić information content (AvgIpc) is 2.48. The third-order valence-corrected chi connectivity index (χ3v) is 3.64. The van der Waals surface area contributed by atoms with Gasteiger partial charge in [-0.2, -0.15) is 0 Å². The maximum absolute atomic E-state index is 12.3. The fraction of sp³-hybridized carbons (Fsp3) is 0.375. The summed E-state index contributed by atoms with van der Waals surface area (Å²) in [4.78, 5) is 16.6. The lowest BCUT2D eigenvalue weighted by Crippen LogP contribution is -2.29. The van der Waals surface area contributed by atoms with Crippen LogP contribution in [0.25, 0.3) is 10.9 Å². The number of nitrogens with zero attached hydrogens (tertiary/aromatic N) is 1. The summed E-state index contributed by atoms with van der Waals surface area (Å²) in [6.07, 6.45) is 5.03. The highest BCUT2D eigenvalue weighted by Crippen LogP contribution is 2.20. The van der Waals surface area contributed by atoms with Crippen LogP contribution in [0, 0.1) is 0 Å². The second-order valence-electron chi connectivity index (χ2n) is 4.99. The average molecular weight is 255 g/mol. The number of Topliss-reactive ketones (excluding diaryl/α,β-unsaturated/α-hetero) is 1. The summed E-state index contributed by atoms with van der Waals surface area (Å²) in [6.45, 7) is 0.716. The first kappa shape index (κ1) is 12.3. The number of ether oxygens (including phenoxy) is 1. The number of hydrogen-bond donors (Lipinski definition) is 0. The van der Waals surface area contributed by atoms with Gasteiger partial charge in [0.2, 0.25) is 0 Å². The lowest BCUT2D eigenvalue weighted by molar-refractivity contribution is -0.132. The van der Waals surface area contributed by atoms with Crippen molar-refractivity contribution in [1.82, 2.24) is 4.98 Å². The molecule has 0 radical (unpaired) electrons. The van der Waals surface area contributed by atoms with E-state index < -0.39 is 0 Å². The third-order valence-electron chi connectivity index (χ3n) is 3.64. The Labute approximate surface area is 112 Å². The van der Waals surface area contributed by atoms with Crippen molar-refractivity contribution in [3.63, 3.8) is 0 Å². The van der Waals surface area contributed by atoms with Crippen LogP contribution >= 0.6 is 0 Å². The zero-order chi connectivity index (χ0) is 13.1. The van der Waals surface area contributed by atoms with E-state index in [0.29, 0.717) is 13.0 Å². The van der Waals surface area contributed by atoms with E-state index in [-0.39, 0.29) is 11.9 Å². The van der Waals surface area contributed by atoms with Gasteiger partial charge in [0, 0.05) is 24.6 Å². The van der Waals surface area contributed by atoms with Crippen molar-refractivity contribution >= 4 is 16.7 Å². The molecule has 0 N–H and O–H groups in total. The van der Waals surface area contributed by atoms with Crippen LogP contribution in [0.4, 0.5) is 0 Å². The van der Waals surface area contributed by atoms with Crippen LogP contribution in [0.5, 0.6) is 0 Å². The van der Waals surface area contributed by atoms with Gasteiger partial charge in [-0.1, -0.05) is 18.2 Å². The summed E-state index contributed by atoms with van der Waals surface area (Å²) in [5.41, 5.74) is 1.99. The van der Waals surface area contributed by atoms with Crippen molar-refractivity contribution in [2.75, 3.05) is 6.61 Å². The molecule has 3 rings (SSSR count). The standard InChI is InChI=1S/C16H17NO2/c18-15(16-7-3-4-10-19-16)11-12-8-9-17-14-6-2-1-5-13(12)14/h1-2,5-6,8-9,16H,3-4,7,10-11H2. The number of rotatable bonds is 3. The van der Waals surface area contributed by atoms with Crippen molar-refractivity contribution in [3.8, 4) is 0 Å². The number of carbonyl (C=O) groups is 1. The van der Waals surface area contributed by atoms with Gasteiger partial charge in [-0.15, -0.1) is 0 Å². The Kier molecular flexibility index (Phi) is 3.56. The molecule has 1 aliphatic rings. The molecular weight excluding hydrogens is 238 g/mol. The number of carbonyl (C=O) groups excluding carboxylic acids is 1. The van der Waals surface area contributed by atoms with Crippen molar-refractivity contribution < 1.29 is 9.53 Å². The third kappa shape index (κ3) is 2.66. The Morgan fingerprint density at radius 2 is 2.16 bits per heavy atom. The number of benzene rings is 1. The molecule has 1 saturated heterocycles. The van der Waals surface area contributed by atoms with Gasteiger partial charge in [-0.3, -0.25) is 9.78 Å². The molecule has 3 nitrogen and oxygen atoms in total. The second kappa shape index (κ2) is 5.49. The molecule has 1 atom stereocenters. The first-order valence-corrected chi connectivity index (χ1v) is 6.81. The van der Waals surface area contributed by atoms with Gasteiger partial charge in [-0.05, 0) is 37.0 Å². The molecule has 0 amide bonds. The Bertz CT molecular complexity index is 583. The number of aromatic nitrogens is 1. The highest BCUT2D eigenvalue weighted by molar-refractivity contribution is 5.91. The van der Waals surface area contributed by atoms with Crippen LogP contribution in [0.15, 0.2) is 36.5 Å². The molecule has 1 aliphatic heterocycles. The minimum atomic E-state index is -0.208. The van der Waals surface area contributed by atoms with Crippen LogP contribution in [-0.2, 0) is 16.0 Å². The molecule has 2 aromatic rings. The lowest BCUT2D eigenvalue weighted by atomic mass is 9.98. The van der Waals surface area contributed by atoms with Gasteiger partial charge in [0.1, 0.15) is 6.10 Å². The monoisotopic (exact) mass is 255 g/mol. The molecule has 1 unspecified atom stereocenters. The molecular formula is C16H17NO2. The zero-order valence-electron chi connectivity index (χ0n) is 10.8. The highest BCUT2D eigenvalue weighted by Gasteiger charge is 2.22. The van der Waals surface area contributed by atoms with Gasteiger partial charge < -0.3 is 4.74 Å². The van der Waals surface area contributed by atoms with Crippen molar-refractivity contribution in [1.29, 1.82) is 0 Å². The maximum Gasteiger partial charge on any atom is 0.165 e. The van der Waals surface area contributed by atoms with E-state index in [1.54, 1.807) is 6.20 Å². The Morgan fingerprint density at radius 1 is 1.26 bits per heavy atom. The molecule has 2 heterocycles. The molecule has 0 aliphatic carbocycles. The number of hydrogen-bond acceptors (Lipinski definition) is 3. The van der Waals surface area contributed by atoms with E-state index in [2.05, 4.69) is 4.98 Å². The van der Waals surface area contributed by atoms with Crippen LogP contribution in [-0.4, -0.2) is 23.5 Å². The van der Waals surface area contributed by atoms with Crippen LogP contribution in [0.1, 0.15) is 24.8 Å². The lowest BCUT2D eigenvalue weighted by Gasteiger charge is -2.21. The summed E-state index contributed by atoms with van der Waals surface area (Å²) >= 11 is 0. The minimum absolute atomic E-state index is 0.191. The number of fused-ring (bicyclic) bond motifs is 1. The normalized spacial score (nSPS) is 19.5. The van der Waals surface area contributed by atoms with Crippen LogP contribution < -0.4 is 0 Å². The van der Waals surface area contributed by atoms with E-state index in [9.17, 15) is 4.79 Å². The minimum Gasteiger partial charge on any atom is -0.370 e. The molecule has 0 spiro atoms. The predicted octanol–water partition coefficient (Wildman–Crippen LogP) is 2.92. The quantitative estimate of drug-likeness (QED) is 0.846. The number of pyridine rings is 1. The summed E-state index contributed by atoms with van der Waals surface area (Å²) in [5, 5.41) is 1.06. The fourth-order valence-corrected chi connectivity index (χ4v) is 2.61. The first-order chi connectivity index (χ1) is 9.34. The van der Waals surface area contributed by atoms with Crippen molar-refractivity contribution in [2.45, 2.75) is 31.8 Å². The molecule has 1 aromatic carbocycles. The summed E-state index contributed by atoms with van der Waals surface area (Å²) in [5.74, 6) is 0.191. The number of ketones is 1. The van der Waals surface area contributed by atoms with E-state index in [1.165, 1.54) is 0 Å². The molecule has 98 valence electrons. The molecule has 0 bridgehead atoms. The van der Waals surface area contributed by atoms with Crippen LogP contribution in [0.2, 0.25) is 0 Å². The molecule has 1 fully saturated rings. The Hall–Kier alpha value is -1.74. The van der Waals surface area contributed by atoms with Crippen LogP contribution in [0.3, 0.4) is 0 Å². The predicted molar refractivity (Wildman–Crippen MR) is 74.0 cm³/mol. The second-order valence-corrected chi connectivity index (χ2v) is 4.99. The van der Waals surface area contributed by atoms with Crippen molar-refractivity contribution in [3.05, 3.63) is 42.1 Å². The van der Waals surface area contributed by atoms with E-state index in [4.69, 9.17) is 4.74 Å². The highest BCUT2D eigenvalue weighted by atomic mass is 16.5. The summed E-state index contributed by atoms with van der Waals surface area (Å²) < 4.78 is 5.56. The van der Waals surface area contributed by atoms with Gasteiger partial charge in [0.15, 0.2) is 5.78 Å². The largest absolute Gasteiger partial charge is 0.370 e. The van der Waals surface area contributed by atoms with Gasteiger partial charge >= 0.3 is 0 Å². The maximum atomic E-state index is 12.3. The van der Waals surface area contributed by atoms with Gasteiger partial charge in [0.05, 0.1) is 5.52 Å². The summed E-state index contributed by atoms with van der Waals surface area (Å²) in [6, 6.07) is 9.87. The Balaban J connectivity index is 1.82. The smallest absolute Gasteiger partial charge is 0.165 e. The summed E-state index contributed by atoms with van der Waals surface area (Å²) in [7, 11) is 0. The van der Waals surface area contributed by atoms with E-state index in [1.807, 2.05) is 30.3 Å². The van der Waals surface area contributed by atoms with Crippen molar-refractivity contribution in [2.24, 2.45) is 0 Å². The molecule has 3 heteroatoms. The van der Waals surface area contributed by atoms with E-state index >= 15 is 0 Å². The fourth-order valence-electron chi connectivity index (χ4n) is 2.61. The zero-order valence-corrected chi connectivity index (χ0v) is 10.8. The molecule has 19 heavy (non-hydrogen) atoms. The molecule has 0 saturated carbocycles. The topological polar surface area (TPSA) is 39.2 Å².